The Kier molecular flexibility index (Phi) is 4.02. The lowest BCUT2D eigenvalue weighted by molar-refractivity contribution is -0.118. The number of nitrogens with zero attached hydrogens (tertiary/aromatic N) is 2. The van der Waals surface area contributed by atoms with E-state index in [-0.39, 0.29) is 17.9 Å². The van der Waals surface area contributed by atoms with Gasteiger partial charge < -0.3 is 11.1 Å². The van der Waals surface area contributed by atoms with E-state index in [1.54, 1.807) is 6.33 Å². The van der Waals surface area contributed by atoms with E-state index >= 15 is 0 Å². The highest BCUT2D eigenvalue weighted by Crippen LogP contribution is 2.26. The summed E-state index contributed by atoms with van der Waals surface area (Å²) < 4.78 is 0. The highest BCUT2D eigenvalue weighted by Gasteiger charge is 2.23. The van der Waals surface area contributed by atoms with Gasteiger partial charge in [-0.1, -0.05) is 6.42 Å². The molecule has 0 unspecified atom stereocenters. The lowest BCUT2D eigenvalue weighted by Crippen LogP contribution is -2.36. The van der Waals surface area contributed by atoms with Crippen molar-refractivity contribution in [3.05, 3.63) is 17.6 Å². The maximum absolute atomic E-state index is 11.1. The smallest absolute Gasteiger partial charge is 0.219 e. The van der Waals surface area contributed by atoms with E-state index in [1.807, 2.05) is 13.8 Å². The van der Waals surface area contributed by atoms with Gasteiger partial charge in [-0.15, -0.1) is 0 Å². The number of nitrogens with one attached hydrogen (secondary N) is 1. The average molecular weight is 262 g/mol. The summed E-state index contributed by atoms with van der Waals surface area (Å²) in [5.41, 5.74) is 7.24. The Morgan fingerprint density at radius 3 is 2.79 bits per heavy atom. The second-order valence-corrected chi connectivity index (χ2v) is 5.86. The van der Waals surface area contributed by atoms with Gasteiger partial charge in [0.05, 0.1) is 0 Å². The molecule has 0 aliphatic heterocycles. The summed E-state index contributed by atoms with van der Waals surface area (Å²) in [6, 6.07) is 0. The number of rotatable bonds is 4. The summed E-state index contributed by atoms with van der Waals surface area (Å²) >= 11 is 0. The maximum atomic E-state index is 11.1. The number of aryl methyl sites for hydroxylation is 1. The van der Waals surface area contributed by atoms with Crippen molar-refractivity contribution in [2.45, 2.75) is 57.9 Å². The number of primary amides is 1. The molecule has 0 atom stereocenters. The highest BCUT2D eigenvalue weighted by atomic mass is 16.1. The van der Waals surface area contributed by atoms with Crippen LogP contribution in [0.25, 0.3) is 0 Å². The van der Waals surface area contributed by atoms with Crippen LogP contribution in [0.2, 0.25) is 0 Å². The summed E-state index contributed by atoms with van der Waals surface area (Å²) in [4.78, 5) is 19.8. The van der Waals surface area contributed by atoms with Crippen LogP contribution in [0.5, 0.6) is 0 Å². The molecular formula is C14H22N4O. The van der Waals surface area contributed by atoms with Crippen molar-refractivity contribution in [1.82, 2.24) is 9.97 Å². The number of fused-ring (bicyclic) bond motifs is 1. The van der Waals surface area contributed by atoms with Crippen molar-refractivity contribution >= 4 is 11.7 Å². The third kappa shape index (κ3) is 3.66. The molecule has 0 fully saturated rings. The Morgan fingerprint density at radius 1 is 1.32 bits per heavy atom. The fourth-order valence-corrected chi connectivity index (χ4v) is 2.61. The summed E-state index contributed by atoms with van der Waals surface area (Å²) in [5.74, 6) is 0.552. The van der Waals surface area contributed by atoms with Crippen LogP contribution in [0.3, 0.4) is 0 Å². The zero-order chi connectivity index (χ0) is 13.9. The Labute approximate surface area is 114 Å². The van der Waals surface area contributed by atoms with E-state index in [4.69, 9.17) is 5.73 Å². The summed E-state index contributed by atoms with van der Waals surface area (Å²) in [6.07, 6.45) is 7.51. The minimum Gasteiger partial charge on any atom is -0.370 e. The standard InChI is InChI=1S/C14H22N4O/c1-14(2,8-12(15)19)18-13-10-6-4-3-5-7-11(10)16-9-17-13/h9H,3-8H2,1-2H3,(H2,15,19)(H,16,17,18). The van der Waals surface area contributed by atoms with Gasteiger partial charge in [-0.2, -0.15) is 0 Å². The molecule has 0 radical (unpaired) electrons. The molecule has 104 valence electrons. The summed E-state index contributed by atoms with van der Waals surface area (Å²) in [6.45, 7) is 3.92. The van der Waals surface area contributed by atoms with Gasteiger partial charge in [-0.05, 0) is 39.5 Å². The van der Waals surface area contributed by atoms with E-state index in [1.165, 1.54) is 24.8 Å². The SMILES string of the molecule is CC(C)(CC(N)=O)Nc1ncnc2c1CCCCC2. The molecule has 5 nitrogen and oxygen atoms in total. The van der Waals surface area contributed by atoms with Gasteiger partial charge in [-0.3, -0.25) is 4.79 Å². The molecule has 1 aliphatic rings. The fourth-order valence-electron chi connectivity index (χ4n) is 2.61. The molecule has 2 rings (SSSR count). The molecule has 1 aliphatic carbocycles. The minimum atomic E-state index is -0.389. The van der Waals surface area contributed by atoms with Crippen molar-refractivity contribution in [2.75, 3.05) is 5.32 Å². The number of hydrogen-bond donors (Lipinski definition) is 2. The monoisotopic (exact) mass is 262 g/mol. The van der Waals surface area contributed by atoms with Gasteiger partial charge in [0.15, 0.2) is 0 Å². The quantitative estimate of drug-likeness (QED) is 0.811. The van der Waals surface area contributed by atoms with E-state index in [2.05, 4.69) is 15.3 Å². The van der Waals surface area contributed by atoms with Crippen LogP contribution >= 0.6 is 0 Å². The first-order valence-electron chi connectivity index (χ1n) is 6.87. The van der Waals surface area contributed by atoms with Crippen LogP contribution in [0, 0.1) is 0 Å². The molecule has 0 saturated carbocycles. The number of aromatic nitrogens is 2. The normalized spacial score (nSPS) is 15.5. The third-order valence-corrected chi connectivity index (χ3v) is 3.45. The molecule has 0 spiro atoms. The first-order chi connectivity index (χ1) is 8.98. The van der Waals surface area contributed by atoms with Crippen molar-refractivity contribution in [3.63, 3.8) is 0 Å². The number of amides is 1. The lowest BCUT2D eigenvalue weighted by Gasteiger charge is -2.27. The number of hydrogen-bond acceptors (Lipinski definition) is 4. The van der Waals surface area contributed by atoms with E-state index in [0.29, 0.717) is 0 Å². The van der Waals surface area contributed by atoms with Gasteiger partial charge in [0.2, 0.25) is 5.91 Å². The van der Waals surface area contributed by atoms with Crippen molar-refractivity contribution in [2.24, 2.45) is 5.73 Å². The number of carbonyl (C=O) groups is 1. The molecule has 0 bridgehead atoms. The average Bonchev–Trinajstić information content (AvgIpc) is 2.52. The van der Waals surface area contributed by atoms with E-state index in [9.17, 15) is 4.79 Å². The van der Waals surface area contributed by atoms with Crippen LogP contribution in [0.15, 0.2) is 6.33 Å². The number of carbonyl (C=O) groups excluding carboxylic acids is 1. The number of nitrogens with two attached hydrogens (primary N) is 1. The molecule has 1 heterocycles. The Balaban J connectivity index is 2.23. The fraction of sp³-hybridized carbons (Fsp3) is 0.643. The van der Waals surface area contributed by atoms with Gasteiger partial charge in [0.25, 0.3) is 0 Å². The largest absolute Gasteiger partial charge is 0.370 e. The first-order valence-corrected chi connectivity index (χ1v) is 6.87. The molecule has 3 N–H and O–H groups in total. The maximum Gasteiger partial charge on any atom is 0.219 e. The molecule has 5 heteroatoms. The van der Waals surface area contributed by atoms with Crippen LogP contribution in [0.1, 0.15) is 50.8 Å². The molecule has 0 aromatic carbocycles. The highest BCUT2D eigenvalue weighted by molar-refractivity contribution is 5.75. The second kappa shape index (κ2) is 5.55. The predicted octanol–water partition coefficient (Wildman–Crippen LogP) is 1.81. The predicted molar refractivity (Wildman–Crippen MR) is 74.8 cm³/mol. The Hall–Kier alpha value is -1.65. The zero-order valence-corrected chi connectivity index (χ0v) is 11.7. The van der Waals surface area contributed by atoms with E-state index < -0.39 is 0 Å². The van der Waals surface area contributed by atoms with Crippen molar-refractivity contribution in [1.29, 1.82) is 0 Å². The van der Waals surface area contributed by atoms with Gasteiger partial charge in [-0.25, -0.2) is 9.97 Å². The summed E-state index contributed by atoms with van der Waals surface area (Å²) in [5, 5.41) is 3.35. The van der Waals surface area contributed by atoms with Crippen LogP contribution in [0.4, 0.5) is 5.82 Å². The topological polar surface area (TPSA) is 80.9 Å². The van der Waals surface area contributed by atoms with Crippen molar-refractivity contribution < 1.29 is 4.79 Å². The molecule has 19 heavy (non-hydrogen) atoms. The van der Waals surface area contributed by atoms with Crippen LogP contribution < -0.4 is 11.1 Å². The second-order valence-electron chi connectivity index (χ2n) is 5.86. The molecule has 1 aromatic heterocycles. The molecule has 1 aromatic rings. The van der Waals surface area contributed by atoms with Gasteiger partial charge in [0, 0.05) is 23.2 Å². The number of anilines is 1. The van der Waals surface area contributed by atoms with Crippen LogP contribution in [-0.2, 0) is 17.6 Å². The minimum absolute atomic E-state index is 0.284. The zero-order valence-electron chi connectivity index (χ0n) is 11.7. The third-order valence-electron chi connectivity index (χ3n) is 3.45. The lowest BCUT2D eigenvalue weighted by atomic mass is 9.99. The Bertz CT molecular complexity index is 471. The summed E-state index contributed by atoms with van der Waals surface area (Å²) in [7, 11) is 0. The van der Waals surface area contributed by atoms with Gasteiger partial charge >= 0.3 is 0 Å². The molecular weight excluding hydrogens is 240 g/mol. The molecule has 0 saturated heterocycles. The van der Waals surface area contributed by atoms with Crippen molar-refractivity contribution in [3.8, 4) is 0 Å². The first kappa shape index (κ1) is 13.8. The Morgan fingerprint density at radius 2 is 2.05 bits per heavy atom. The van der Waals surface area contributed by atoms with Crippen LogP contribution in [-0.4, -0.2) is 21.4 Å². The molecule has 1 amide bonds. The van der Waals surface area contributed by atoms with E-state index in [0.717, 1.165) is 24.4 Å². The van der Waals surface area contributed by atoms with Gasteiger partial charge in [0.1, 0.15) is 12.1 Å².